The smallest absolute Gasteiger partial charge is 0.261 e. The van der Waals surface area contributed by atoms with Crippen LogP contribution in [0.4, 0.5) is 4.39 Å². The number of hydrogen-bond donors (Lipinski definition) is 0. The molecule has 0 radical (unpaired) electrons. The van der Waals surface area contributed by atoms with E-state index in [-0.39, 0.29) is 23.3 Å². The van der Waals surface area contributed by atoms with Crippen molar-refractivity contribution in [2.45, 2.75) is 18.9 Å². The van der Waals surface area contributed by atoms with Crippen molar-refractivity contribution >= 4 is 5.91 Å². The SMILES string of the molecule is COc1cccc(F)c1C(=O)N1CCCC1c1ccccn1. The average Bonchev–Trinajstić information content (AvgIpc) is 3.04. The van der Waals surface area contributed by atoms with Gasteiger partial charge in [0.05, 0.1) is 18.8 Å². The van der Waals surface area contributed by atoms with E-state index in [4.69, 9.17) is 4.74 Å². The number of benzene rings is 1. The van der Waals surface area contributed by atoms with Crippen molar-refractivity contribution in [3.05, 3.63) is 59.7 Å². The van der Waals surface area contributed by atoms with Crippen LogP contribution in [0, 0.1) is 5.82 Å². The number of amides is 1. The third-order valence-corrected chi connectivity index (χ3v) is 3.95. The van der Waals surface area contributed by atoms with Crippen LogP contribution in [0.1, 0.15) is 34.9 Å². The lowest BCUT2D eigenvalue weighted by Gasteiger charge is -2.25. The van der Waals surface area contributed by atoms with Gasteiger partial charge >= 0.3 is 0 Å². The first-order valence-electron chi connectivity index (χ1n) is 7.26. The van der Waals surface area contributed by atoms with Crippen molar-refractivity contribution < 1.29 is 13.9 Å². The molecule has 1 saturated heterocycles. The fourth-order valence-corrected chi connectivity index (χ4v) is 2.92. The number of nitrogens with zero attached hydrogens (tertiary/aromatic N) is 2. The molecule has 1 atom stereocenters. The number of methoxy groups -OCH3 is 1. The molecule has 0 spiro atoms. The van der Waals surface area contributed by atoms with Gasteiger partial charge in [0, 0.05) is 12.7 Å². The lowest BCUT2D eigenvalue weighted by molar-refractivity contribution is 0.0724. The molecule has 0 saturated carbocycles. The number of aromatic nitrogens is 1. The van der Waals surface area contributed by atoms with Crippen LogP contribution in [0.3, 0.4) is 0 Å². The summed E-state index contributed by atoms with van der Waals surface area (Å²) in [6, 6.07) is 9.93. The highest BCUT2D eigenvalue weighted by molar-refractivity contribution is 5.97. The Morgan fingerprint density at radius 3 is 2.91 bits per heavy atom. The zero-order valence-electron chi connectivity index (χ0n) is 12.3. The summed E-state index contributed by atoms with van der Waals surface area (Å²) >= 11 is 0. The molecule has 1 aromatic heterocycles. The molecule has 0 aliphatic carbocycles. The van der Waals surface area contributed by atoms with Crippen molar-refractivity contribution in [1.29, 1.82) is 0 Å². The molecule has 0 N–H and O–H groups in total. The van der Waals surface area contributed by atoms with E-state index in [1.807, 2.05) is 18.2 Å². The third-order valence-electron chi connectivity index (χ3n) is 3.95. The quantitative estimate of drug-likeness (QED) is 0.874. The van der Waals surface area contributed by atoms with Gasteiger partial charge in [-0.15, -0.1) is 0 Å². The van der Waals surface area contributed by atoms with Gasteiger partial charge in [0.2, 0.25) is 0 Å². The fraction of sp³-hybridized carbons (Fsp3) is 0.294. The molecule has 2 aromatic rings. The van der Waals surface area contributed by atoms with Crippen LogP contribution in [0.5, 0.6) is 5.75 Å². The summed E-state index contributed by atoms with van der Waals surface area (Å²) in [7, 11) is 1.44. The molecule has 2 heterocycles. The van der Waals surface area contributed by atoms with E-state index in [0.717, 1.165) is 18.5 Å². The first kappa shape index (κ1) is 14.5. The second kappa shape index (κ2) is 6.13. The van der Waals surface area contributed by atoms with E-state index in [2.05, 4.69) is 4.98 Å². The standard InChI is InChI=1S/C17H17FN2O2/c1-22-15-9-4-6-12(18)16(15)17(21)20-11-5-8-14(20)13-7-2-3-10-19-13/h2-4,6-7,9-10,14H,5,8,11H2,1H3. The first-order valence-corrected chi connectivity index (χ1v) is 7.26. The number of pyridine rings is 1. The van der Waals surface area contributed by atoms with Crippen molar-refractivity contribution in [2.75, 3.05) is 13.7 Å². The fourth-order valence-electron chi connectivity index (χ4n) is 2.92. The highest BCUT2D eigenvalue weighted by atomic mass is 19.1. The number of likely N-dealkylation sites (tertiary alicyclic amines) is 1. The number of halogens is 1. The van der Waals surface area contributed by atoms with Gasteiger partial charge in [0.15, 0.2) is 0 Å². The topological polar surface area (TPSA) is 42.4 Å². The Kier molecular flexibility index (Phi) is 4.04. The third kappa shape index (κ3) is 2.54. The number of rotatable bonds is 3. The lowest BCUT2D eigenvalue weighted by Crippen LogP contribution is -2.32. The molecular formula is C17H17FN2O2. The van der Waals surface area contributed by atoms with Crippen LogP contribution < -0.4 is 4.74 Å². The lowest BCUT2D eigenvalue weighted by atomic mass is 10.1. The minimum Gasteiger partial charge on any atom is -0.496 e. The average molecular weight is 300 g/mol. The summed E-state index contributed by atoms with van der Waals surface area (Å²) in [5.74, 6) is -0.643. The molecule has 5 heteroatoms. The Labute approximate surface area is 128 Å². The monoisotopic (exact) mass is 300 g/mol. The number of ether oxygens (including phenoxy) is 1. The van der Waals surface area contributed by atoms with Crippen LogP contribution in [-0.4, -0.2) is 29.4 Å². The number of carbonyl (C=O) groups excluding carboxylic acids is 1. The van der Waals surface area contributed by atoms with E-state index < -0.39 is 5.82 Å². The summed E-state index contributed by atoms with van der Waals surface area (Å²) in [5.41, 5.74) is 0.830. The van der Waals surface area contributed by atoms with Gasteiger partial charge in [-0.1, -0.05) is 12.1 Å². The molecule has 1 amide bonds. The van der Waals surface area contributed by atoms with E-state index in [9.17, 15) is 9.18 Å². The van der Waals surface area contributed by atoms with Crippen LogP contribution in [0.25, 0.3) is 0 Å². The Morgan fingerprint density at radius 1 is 1.32 bits per heavy atom. The molecule has 4 nitrogen and oxygen atoms in total. The summed E-state index contributed by atoms with van der Waals surface area (Å²) in [5, 5.41) is 0. The summed E-state index contributed by atoms with van der Waals surface area (Å²) < 4.78 is 19.3. The second-order valence-electron chi connectivity index (χ2n) is 5.23. The molecule has 0 bridgehead atoms. The van der Waals surface area contributed by atoms with Gasteiger partial charge in [-0.2, -0.15) is 0 Å². The number of hydrogen-bond acceptors (Lipinski definition) is 3. The van der Waals surface area contributed by atoms with Crippen molar-refractivity contribution in [3.8, 4) is 5.75 Å². The minimum atomic E-state index is -0.559. The molecular weight excluding hydrogens is 283 g/mol. The van der Waals surface area contributed by atoms with Gasteiger partial charge in [0.25, 0.3) is 5.91 Å². The van der Waals surface area contributed by atoms with E-state index in [1.54, 1.807) is 17.2 Å². The zero-order valence-corrected chi connectivity index (χ0v) is 12.3. The maximum Gasteiger partial charge on any atom is 0.261 e. The van der Waals surface area contributed by atoms with Gasteiger partial charge in [0.1, 0.15) is 17.1 Å². The van der Waals surface area contributed by atoms with Crippen LogP contribution in [-0.2, 0) is 0 Å². The Hall–Kier alpha value is -2.43. The molecule has 114 valence electrons. The summed E-state index contributed by atoms with van der Waals surface area (Å²) in [6.07, 6.45) is 3.42. The number of carbonyl (C=O) groups is 1. The molecule has 1 aliphatic rings. The predicted octanol–water partition coefficient (Wildman–Crippen LogP) is 3.21. The molecule has 1 aromatic carbocycles. The van der Waals surface area contributed by atoms with Crippen molar-refractivity contribution in [2.24, 2.45) is 0 Å². The summed E-state index contributed by atoms with van der Waals surface area (Å²) in [6.45, 7) is 0.595. The predicted molar refractivity (Wildman–Crippen MR) is 80.2 cm³/mol. The summed E-state index contributed by atoms with van der Waals surface area (Å²) in [4.78, 5) is 18.8. The molecule has 1 aliphatic heterocycles. The largest absolute Gasteiger partial charge is 0.496 e. The van der Waals surface area contributed by atoms with Gasteiger partial charge in [-0.05, 0) is 37.1 Å². The van der Waals surface area contributed by atoms with E-state index >= 15 is 0 Å². The van der Waals surface area contributed by atoms with Gasteiger partial charge in [-0.3, -0.25) is 9.78 Å². The maximum atomic E-state index is 14.1. The van der Waals surface area contributed by atoms with Gasteiger partial charge < -0.3 is 9.64 Å². The minimum absolute atomic E-state index is 0.00664. The highest BCUT2D eigenvalue weighted by Crippen LogP contribution is 2.34. The van der Waals surface area contributed by atoms with Crippen molar-refractivity contribution in [1.82, 2.24) is 9.88 Å². The normalized spacial score (nSPS) is 17.5. The highest BCUT2D eigenvalue weighted by Gasteiger charge is 2.33. The first-order chi connectivity index (χ1) is 10.7. The molecule has 1 unspecified atom stereocenters. The zero-order chi connectivity index (χ0) is 15.5. The van der Waals surface area contributed by atoms with E-state index in [1.165, 1.54) is 19.2 Å². The maximum absolute atomic E-state index is 14.1. The Bertz CT molecular complexity index is 676. The van der Waals surface area contributed by atoms with Crippen LogP contribution in [0.15, 0.2) is 42.6 Å². The van der Waals surface area contributed by atoms with Crippen LogP contribution in [0.2, 0.25) is 0 Å². The molecule has 3 rings (SSSR count). The van der Waals surface area contributed by atoms with Gasteiger partial charge in [-0.25, -0.2) is 4.39 Å². The Morgan fingerprint density at radius 2 is 2.18 bits per heavy atom. The second-order valence-corrected chi connectivity index (χ2v) is 5.23. The van der Waals surface area contributed by atoms with E-state index in [0.29, 0.717) is 6.54 Å². The van der Waals surface area contributed by atoms with Crippen molar-refractivity contribution in [3.63, 3.8) is 0 Å². The Balaban J connectivity index is 1.95. The van der Waals surface area contributed by atoms with Crippen LogP contribution >= 0.6 is 0 Å². The molecule has 1 fully saturated rings. The molecule has 22 heavy (non-hydrogen) atoms.